The van der Waals surface area contributed by atoms with Crippen LogP contribution in [0.5, 0.6) is 0 Å². The van der Waals surface area contributed by atoms with Gasteiger partial charge in [-0.3, -0.25) is 4.79 Å². The number of hydrogen-bond acceptors (Lipinski definition) is 1. The Morgan fingerprint density at radius 1 is 0.737 bits per heavy atom. The highest BCUT2D eigenvalue weighted by Crippen LogP contribution is 2.16. The van der Waals surface area contributed by atoms with Crippen molar-refractivity contribution in [3.05, 3.63) is 64.2 Å². The summed E-state index contributed by atoms with van der Waals surface area (Å²) in [5.41, 5.74) is 6.06. The van der Waals surface area contributed by atoms with E-state index in [2.05, 4.69) is 17.4 Å². The summed E-state index contributed by atoms with van der Waals surface area (Å²) in [4.78, 5) is 12.2. The fourth-order valence-electron chi connectivity index (χ4n) is 2.36. The Balaban J connectivity index is 2.25. The molecule has 2 rings (SSSR count). The number of amides is 1. The third kappa shape index (κ3) is 3.44. The minimum atomic E-state index is -0.0585. The minimum absolute atomic E-state index is 0.0585. The van der Waals surface area contributed by atoms with Crippen molar-refractivity contribution in [3.8, 4) is 0 Å². The zero-order chi connectivity index (χ0) is 14.0. The molecular formula is C17H19NO. The van der Waals surface area contributed by atoms with Gasteiger partial charge in [-0.15, -0.1) is 0 Å². The fraction of sp³-hybridized carbons (Fsp3) is 0.235. The SMILES string of the molecule is Cc1cc(C)cc(NC(=O)c2cc(C)cc(C)c2)c1. The Morgan fingerprint density at radius 3 is 1.63 bits per heavy atom. The van der Waals surface area contributed by atoms with Gasteiger partial charge < -0.3 is 5.32 Å². The minimum Gasteiger partial charge on any atom is -0.322 e. The van der Waals surface area contributed by atoms with Gasteiger partial charge in [0.15, 0.2) is 0 Å². The molecule has 0 aliphatic carbocycles. The van der Waals surface area contributed by atoms with Crippen LogP contribution in [0, 0.1) is 27.7 Å². The van der Waals surface area contributed by atoms with Crippen molar-refractivity contribution in [2.45, 2.75) is 27.7 Å². The fourth-order valence-corrected chi connectivity index (χ4v) is 2.36. The van der Waals surface area contributed by atoms with Gasteiger partial charge in [-0.2, -0.15) is 0 Å². The number of hydrogen-bond donors (Lipinski definition) is 1. The normalized spacial score (nSPS) is 10.3. The van der Waals surface area contributed by atoms with Gasteiger partial charge in [-0.1, -0.05) is 23.3 Å². The van der Waals surface area contributed by atoms with Crippen LogP contribution in [0.4, 0.5) is 5.69 Å². The summed E-state index contributed by atoms with van der Waals surface area (Å²) in [6.45, 7) is 8.06. The molecule has 0 aliphatic heterocycles. The summed E-state index contributed by atoms with van der Waals surface area (Å²) in [6, 6.07) is 11.9. The zero-order valence-electron chi connectivity index (χ0n) is 11.9. The van der Waals surface area contributed by atoms with Crippen molar-refractivity contribution in [1.29, 1.82) is 0 Å². The molecule has 0 fully saturated rings. The molecule has 2 aromatic rings. The van der Waals surface area contributed by atoms with Crippen molar-refractivity contribution in [2.24, 2.45) is 0 Å². The van der Waals surface area contributed by atoms with Crippen molar-refractivity contribution in [2.75, 3.05) is 5.32 Å². The predicted molar refractivity (Wildman–Crippen MR) is 79.8 cm³/mol. The maximum atomic E-state index is 12.2. The first-order valence-corrected chi connectivity index (χ1v) is 6.42. The summed E-state index contributed by atoms with van der Waals surface area (Å²) in [5, 5.41) is 2.96. The lowest BCUT2D eigenvalue weighted by atomic mass is 10.1. The van der Waals surface area contributed by atoms with Crippen molar-refractivity contribution < 1.29 is 4.79 Å². The second-order valence-corrected chi connectivity index (χ2v) is 5.21. The van der Waals surface area contributed by atoms with Gasteiger partial charge >= 0.3 is 0 Å². The number of rotatable bonds is 2. The highest BCUT2D eigenvalue weighted by molar-refractivity contribution is 6.04. The number of anilines is 1. The van der Waals surface area contributed by atoms with Crippen LogP contribution in [0.15, 0.2) is 36.4 Å². The van der Waals surface area contributed by atoms with Crippen LogP contribution in [0.2, 0.25) is 0 Å². The van der Waals surface area contributed by atoms with Crippen LogP contribution in [-0.4, -0.2) is 5.91 Å². The highest BCUT2D eigenvalue weighted by atomic mass is 16.1. The molecule has 0 heterocycles. The molecule has 2 nitrogen and oxygen atoms in total. The average Bonchev–Trinajstić information content (AvgIpc) is 2.25. The quantitative estimate of drug-likeness (QED) is 0.855. The molecule has 0 saturated carbocycles. The Bertz CT molecular complexity index is 589. The van der Waals surface area contributed by atoms with Gasteiger partial charge in [-0.25, -0.2) is 0 Å². The molecule has 2 aromatic carbocycles. The number of aryl methyl sites for hydroxylation is 4. The Hall–Kier alpha value is -2.09. The number of benzene rings is 2. The molecule has 19 heavy (non-hydrogen) atoms. The summed E-state index contributed by atoms with van der Waals surface area (Å²) in [6.07, 6.45) is 0. The van der Waals surface area contributed by atoms with Crippen molar-refractivity contribution >= 4 is 11.6 Å². The van der Waals surface area contributed by atoms with E-state index in [0.29, 0.717) is 5.56 Å². The van der Waals surface area contributed by atoms with E-state index in [9.17, 15) is 4.79 Å². The van der Waals surface area contributed by atoms with E-state index in [1.807, 2.05) is 52.0 Å². The lowest BCUT2D eigenvalue weighted by Gasteiger charge is -2.09. The number of nitrogens with one attached hydrogen (secondary N) is 1. The third-order valence-electron chi connectivity index (χ3n) is 2.96. The first-order chi connectivity index (χ1) is 8.94. The van der Waals surface area contributed by atoms with Crippen LogP contribution < -0.4 is 5.32 Å². The third-order valence-corrected chi connectivity index (χ3v) is 2.96. The number of carbonyl (C=O) groups is 1. The monoisotopic (exact) mass is 253 g/mol. The van der Waals surface area contributed by atoms with Crippen molar-refractivity contribution in [3.63, 3.8) is 0 Å². The largest absolute Gasteiger partial charge is 0.322 e. The summed E-state index contributed by atoms with van der Waals surface area (Å²) in [5.74, 6) is -0.0585. The highest BCUT2D eigenvalue weighted by Gasteiger charge is 2.07. The second-order valence-electron chi connectivity index (χ2n) is 5.21. The van der Waals surface area contributed by atoms with E-state index in [1.54, 1.807) is 0 Å². The molecular weight excluding hydrogens is 234 g/mol. The Kier molecular flexibility index (Phi) is 3.70. The van der Waals surface area contributed by atoms with Crippen LogP contribution in [0.3, 0.4) is 0 Å². The molecule has 2 heteroatoms. The summed E-state index contributed by atoms with van der Waals surface area (Å²) < 4.78 is 0. The van der Waals surface area contributed by atoms with Gasteiger partial charge in [0.05, 0.1) is 0 Å². The van der Waals surface area contributed by atoms with Crippen LogP contribution >= 0.6 is 0 Å². The van der Waals surface area contributed by atoms with E-state index in [1.165, 1.54) is 0 Å². The number of carbonyl (C=O) groups excluding carboxylic acids is 1. The van der Waals surface area contributed by atoms with Gasteiger partial charge in [0.1, 0.15) is 0 Å². The molecule has 0 saturated heterocycles. The first kappa shape index (κ1) is 13.3. The van der Waals surface area contributed by atoms with Gasteiger partial charge in [0.25, 0.3) is 5.91 Å². The van der Waals surface area contributed by atoms with Gasteiger partial charge in [0.2, 0.25) is 0 Å². The maximum absolute atomic E-state index is 12.2. The first-order valence-electron chi connectivity index (χ1n) is 6.42. The van der Waals surface area contributed by atoms with Crippen LogP contribution in [0.25, 0.3) is 0 Å². The van der Waals surface area contributed by atoms with E-state index in [0.717, 1.165) is 27.9 Å². The van der Waals surface area contributed by atoms with Gasteiger partial charge in [-0.05, 0) is 63.1 Å². The standard InChI is InChI=1S/C17H19NO/c1-11-5-12(2)8-15(7-11)17(19)18-16-9-13(3)6-14(4)10-16/h5-10H,1-4H3,(H,18,19). The molecule has 0 aliphatic rings. The lowest BCUT2D eigenvalue weighted by Crippen LogP contribution is -2.12. The molecule has 0 bridgehead atoms. The Morgan fingerprint density at radius 2 is 1.16 bits per heavy atom. The lowest BCUT2D eigenvalue weighted by molar-refractivity contribution is 0.102. The molecule has 0 radical (unpaired) electrons. The van der Waals surface area contributed by atoms with Gasteiger partial charge in [0, 0.05) is 11.3 Å². The zero-order valence-corrected chi connectivity index (χ0v) is 11.9. The molecule has 0 unspecified atom stereocenters. The van der Waals surface area contributed by atoms with Crippen LogP contribution in [-0.2, 0) is 0 Å². The molecule has 1 amide bonds. The molecule has 0 aromatic heterocycles. The Labute approximate surface area is 114 Å². The second kappa shape index (κ2) is 5.27. The van der Waals surface area contributed by atoms with E-state index >= 15 is 0 Å². The molecule has 1 N–H and O–H groups in total. The molecule has 0 atom stereocenters. The van der Waals surface area contributed by atoms with Crippen LogP contribution in [0.1, 0.15) is 32.6 Å². The summed E-state index contributed by atoms with van der Waals surface area (Å²) in [7, 11) is 0. The predicted octanol–water partition coefficient (Wildman–Crippen LogP) is 4.17. The van der Waals surface area contributed by atoms with Crippen molar-refractivity contribution in [1.82, 2.24) is 0 Å². The average molecular weight is 253 g/mol. The van der Waals surface area contributed by atoms with E-state index < -0.39 is 0 Å². The molecule has 0 spiro atoms. The summed E-state index contributed by atoms with van der Waals surface area (Å²) >= 11 is 0. The molecule has 98 valence electrons. The smallest absolute Gasteiger partial charge is 0.255 e. The van der Waals surface area contributed by atoms with E-state index in [4.69, 9.17) is 0 Å². The van der Waals surface area contributed by atoms with E-state index in [-0.39, 0.29) is 5.91 Å². The maximum Gasteiger partial charge on any atom is 0.255 e. The topological polar surface area (TPSA) is 29.1 Å².